The third-order valence-electron chi connectivity index (χ3n) is 4.46. The van der Waals surface area contributed by atoms with Crippen LogP contribution in [0.15, 0.2) is 6.08 Å². The maximum absolute atomic E-state index is 12.4. The van der Waals surface area contributed by atoms with Gasteiger partial charge in [-0.3, -0.25) is 14.3 Å². The van der Waals surface area contributed by atoms with Crippen LogP contribution in [0.4, 0.5) is 0 Å². The van der Waals surface area contributed by atoms with Crippen molar-refractivity contribution < 1.29 is 9.59 Å². The highest BCUT2D eigenvalue weighted by atomic mass is 35.5. The van der Waals surface area contributed by atoms with E-state index in [4.69, 9.17) is 11.6 Å². The van der Waals surface area contributed by atoms with Crippen molar-refractivity contribution in [3.8, 4) is 0 Å². The quantitative estimate of drug-likeness (QED) is 0.814. The number of rotatable bonds is 5. The molecule has 0 radical (unpaired) electrons. The summed E-state index contributed by atoms with van der Waals surface area (Å²) in [4.78, 5) is 25.8. The molecule has 0 unspecified atom stereocenters. The normalized spacial score (nSPS) is 16.0. The summed E-state index contributed by atoms with van der Waals surface area (Å²) in [6.45, 7) is 8.04. The Morgan fingerprint density at radius 3 is 2.56 bits per heavy atom. The van der Waals surface area contributed by atoms with E-state index in [0.29, 0.717) is 37.0 Å². The summed E-state index contributed by atoms with van der Waals surface area (Å²) in [5, 5.41) is 7.68. The lowest BCUT2D eigenvalue weighted by Crippen LogP contribution is -2.41. The molecule has 2 rings (SSSR count). The molecule has 0 atom stereocenters. The second-order valence-electron chi connectivity index (χ2n) is 6.91. The first kappa shape index (κ1) is 19.5. The van der Waals surface area contributed by atoms with E-state index in [0.717, 1.165) is 17.8 Å². The number of carbonyl (C=O) groups excluding carboxylic acids is 2. The van der Waals surface area contributed by atoms with Gasteiger partial charge in [-0.2, -0.15) is 5.10 Å². The molecule has 138 valence electrons. The summed E-state index contributed by atoms with van der Waals surface area (Å²) in [5.41, 5.74) is 1.60. The second kappa shape index (κ2) is 8.52. The lowest BCUT2D eigenvalue weighted by molar-refractivity contribution is -0.131. The molecule has 0 spiro atoms. The predicted molar refractivity (Wildman–Crippen MR) is 99.2 cm³/mol. The maximum atomic E-state index is 12.4. The van der Waals surface area contributed by atoms with Crippen LogP contribution in [0.5, 0.6) is 0 Å². The Hall–Kier alpha value is -1.82. The summed E-state index contributed by atoms with van der Waals surface area (Å²) >= 11 is 6.39. The molecule has 1 saturated heterocycles. The number of hydrogen-bond donors (Lipinski definition) is 1. The smallest absolute Gasteiger partial charge is 0.246 e. The Morgan fingerprint density at radius 1 is 1.36 bits per heavy atom. The van der Waals surface area contributed by atoms with Crippen molar-refractivity contribution in [1.82, 2.24) is 20.0 Å². The van der Waals surface area contributed by atoms with E-state index in [-0.39, 0.29) is 17.7 Å². The number of likely N-dealkylation sites (tertiary alicyclic amines) is 1. The average molecular weight is 367 g/mol. The molecule has 2 heterocycles. The number of aryl methyl sites for hydroxylation is 1. The first-order valence-electron chi connectivity index (χ1n) is 8.75. The number of nitrogens with one attached hydrogen (secondary N) is 1. The summed E-state index contributed by atoms with van der Waals surface area (Å²) in [5.74, 6) is 0.450. The van der Waals surface area contributed by atoms with Gasteiger partial charge < -0.3 is 10.2 Å². The van der Waals surface area contributed by atoms with E-state index in [1.807, 2.05) is 6.92 Å². The van der Waals surface area contributed by atoms with E-state index in [9.17, 15) is 9.59 Å². The molecule has 7 heteroatoms. The van der Waals surface area contributed by atoms with Gasteiger partial charge in [0.1, 0.15) is 5.15 Å². The molecule has 0 bridgehead atoms. The third kappa shape index (κ3) is 4.84. The van der Waals surface area contributed by atoms with Crippen LogP contribution in [0.1, 0.15) is 37.9 Å². The average Bonchev–Trinajstić information content (AvgIpc) is 2.85. The molecule has 1 N–H and O–H groups in total. The van der Waals surface area contributed by atoms with Crippen LogP contribution in [0.3, 0.4) is 0 Å². The van der Waals surface area contributed by atoms with Gasteiger partial charge in [-0.25, -0.2) is 0 Å². The minimum Gasteiger partial charge on any atom is -0.359 e. The van der Waals surface area contributed by atoms with Crippen LogP contribution < -0.4 is 5.32 Å². The molecule has 1 aliphatic rings. The van der Waals surface area contributed by atoms with Gasteiger partial charge in [-0.1, -0.05) is 25.4 Å². The largest absolute Gasteiger partial charge is 0.359 e. The molecule has 0 aromatic carbocycles. The van der Waals surface area contributed by atoms with E-state index in [1.165, 1.54) is 0 Å². The summed E-state index contributed by atoms with van der Waals surface area (Å²) in [7, 11) is 1.65. The van der Waals surface area contributed by atoms with E-state index in [1.54, 1.807) is 28.8 Å². The lowest BCUT2D eigenvalue weighted by Gasteiger charge is -2.30. The molecule has 1 aromatic rings. The Kier molecular flexibility index (Phi) is 6.64. The number of nitrogens with zero attached hydrogens (tertiary/aromatic N) is 3. The van der Waals surface area contributed by atoms with Crippen molar-refractivity contribution in [3.05, 3.63) is 22.5 Å². The van der Waals surface area contributed by atoms with Crippen LogP contribution in [0.2, 0.25) is 5.15 Å². The van der Waals surface area contributed by atoms with Crippen molar-refractivity contribution in [2.45, 2.75) is 40.2 Å². The number of amides is 2. The number of carbonyl (C=O) groups is 2. The molecular formula is C18H27ClN4O2. The standard InChI is InChI=1S/C18H27ClN4O2/c1-12(2)11-23-17(19)15(13(3)21-23)5-6-16(24)22-9-7-14(8-10-22)18(25)20-4/h5-6,12,14H,7-11H2,1-4H3,(H,20,25)/b6-5+. The minimum absolute atomic E-state index is 0.00369. The first-order chi connectivity index (χ1) is 11.8. The number of aromatic nitrogens is 2. The molecule has 6 nitrogen and oxygen atoms in total. The molecular weight excluding hydrogens is 340 g/mol. The fourth-order valence-corrected chi connectivity index (χ4v) is 3.36. The van der Waals surface area contributed by atoms with E-state index < -0.39 is 0 Å². The van der Waals surface area contributed by atoms with Gasteiger partial charge in [-0.05, 0) is 31.8 Å². The fraction of sp³-hybridized carbons (Fsp3) is 0.611. The highest BCUT2D eigenvalue weighted by Gasteiger charge is 2.25. The fourth-order valence-electron chi connectivity index (χ4n) is 3.05. The monoisotopic (exact) mass is 366 g/mol. The van der Waals surface area contributed by atoms with E-state index in [2.05, 4.69) is 24.3 Å². The highest BCUT2D eigenvalue weighted by molar-refractivity contribution is 6.31. The van der Waals surface area contributed by atoms with Gasteiger partial charge >= 0.3 is 0 Å². The Labute approximate surface area is 154 Å². The van der Waals surface area contributed by atoms with Crippen LogP contribution in [0.25, 0.3) is 6.08 Å². The summed E-state index contributed by atoms with van der Waals surface area (Å²) in [6.07, 6.45) is 4.70. The van der Waals surface area contributed by atoms with Crippen molar-refractivity contribution in [1.29, 1.82) is 0 Å². The van der Waals surface area contributed by atoms with Crippen LogP contribution in [0, 0.1) is 18.8 Å². The zero-order valence-electron chi connectivity index (χ0n) is 15.4. The van der Waals surface area contributed by atoms with Crippen molar-refractivity contribution >= 4 is 29.5 Å². The highest BCUT2D eigenvalue weighted by Crippen LogP contribution is 2.23. The molecule has 25 heavy (non-hydrogen) atoms. The first-order valence-corrected chi connectivity index (χ1v) is 9.12. The molecule has 1 aromatic heterocycles. The Balaban J connectivity index is 1.99. The van der Waals surface area contributed by atoms with Gasteiger partial charge in [0.15, 0.2) is 0 Å². The summed E-state index contributed by atoms with van der Waals surface area (Å²) in [6, 6.07) is 0. The molecule has 0 saturated carbocycles. The van der Waals surface area contributed by atoms with Crippen LogP contribution >= 0.6 is 11.6 Å². The van der Waals surface area contributed by atoms with Crippen molar-refractivity contribution in [2.75, 3.05) is 20.1 Å². The molecule has 0 aliphatic carbocycles. The topological polar surface area (TPSA) is 67.2 Å². The van der Waals surface area contributed by atoms with Crippen molar-refractivity contribution in [2.24, 2.45) is 11.8 Å². The van der Waals surface area contributed by atoms with Gasteiger partial charge in [0, 0.05) is 44.2 Å². The number of piperidine rings is 1. The van der Waals surface area contributed by atoms with Gasteiger partial charge in [0.05, 0.1) is 5.69 Å². The second-order valence-corrected chi connectivity index (χ2v) is 7.27. The number of halogens is 1. The Morgan fingerprint density at radius 2 is 2.00 bits per heavy atom. The molecule has 1 fully saturated rings. The zero-order chi connectivity index (χ0) is 18.6. The van der Waals surface area contributed by atoms with Crippen LogP contribution in [-0.2, 0) is 16.1 Å². The molecule has 1 aliphatic heterocycles. The maximum Gasteiger partial charge on any atom is 0.246 e. The number of hydrogen-bond acceptors (Lipinski definition) is 3. The predicted octanol–water partition coefficient (Wildman–Crippen LogP) is 2.50. The van der Waals surface area contributed by atoms with Crippen molar-refractivity contribution in [3.63, 3.8) is 0 Å². The van der Waals surface area contributed by atoms with Gasteiger partial charge in [-0.15, -0.1) is 0 Å². The third-order valence-corrected chi connectivity index (χ3v) is 4.86. The summed E-state index contributed by atoms with van der Waals surface area (Å²) < 4.78 is 1.78. The van der Waals surface area contributed by atoms with E-state index >= 15 is 0 Å². The van der Waals surface area contributed by atoms with Crippen LogP contribution in [-0.4, -0.2) is 46.6 Å². The molecule has 2 amide bonds. The minimum atomic E-state index is -0.0533. The van der Waals surface area contributed by atoms with Gasteiger partial charge in [0.25, 0.3) is 0 Å². The zero-order valence-corrected chi connectivity index (χ0v) is 16.1. The van der Waals surface area contributed by atoms with Gasteiger partial charge in [0.2, 0.25) is 11.8 Å². The lowest BCUT2D eigenvalue weighted by atomic mass is 9.96. The SMILES string of the molecule is CNC(=O)C1CCN(C(=O)/C=C/c2c(C)nn(CC(C)C)c2Cl)CC1. The Bertz CT molecular complexity index is 658.